The average Bonchev–Trinajstić information content (AvgIpc) is 3.02. The summed E-state index contributed by atoms with van der Waals surface area (Å²) >= 11 is 1.47. The summed E-state index contributed by atoms with van der Waals surface area (Å²) < 4.78 is 0. The van der Waals surface area contributed by atoms with Crippen molar-refractivity contribution in [1.82, 2.24) is 20.1 Å². The van der Waals surface area contributed by atoms with Crippen molar-refractivity contribution < 1.29 is 4.79 Å². The molecular formula is C16H22N6OS. The lowest BCUT2D eigenvalue weighted by molar-refractivity contribution is -0.114. The zero-order valence-corrected chi connectivity index (χ0v) is 14.8. The summed E-state index contributed by atoms with van der Waals surface area (Å²) in [5, 5.41) is 13.6. The van der Waals surface area contributed by atoms with Crippen LogP contribution in [-0.4, -0.2) is 52.2 Å². The van der Waals surface area contributed by atoms with Gasteiger partial charge in [0.1, 0.15) is 0 Å². The van der Waals surface area contributed by atoms with E-state index < -0.39 is 0 Å². The van der Waals surface area contributed by atoms with E-state index in [-0.39, 0.29) is 5.91 Å². The molecule has 3 heterocycles. The first-order valence-electron chi connectivity index (χ1n) is 8.06. The molecule has 0 spiro atoms. The fourth-order valence-corrected chi connectivity index (χ4v) is 3.70. The van der Waals surface area contributed by atoms with Crippen molar-refractivity contribution >= 4 is 28.2 Å². The Hall–Kier alpha value is -2.06. The Morgan fingerprint density at radius 2 is 2.42 bits per heavy atom. The van der Waals surface area contributed by atoms with Gasteiger partial charge >= 0.3 is 0 Å². The van der Waals surface area contributed by atoms with Crippen LogP contribution in [0.25, 0.3) is 0 Å². The van der Waals surface area contributed by atoms with Crippen molar-refractivity contribution in [3.05, 3.63) is 29.4 Å². The fourth-order valence-electron chi connectivity index (χ4n) is 2.96. The molecule has 0 bridgehead atoms. The van der Waals surface area contributed by atoms with Crippen LogP contribution in [0.15, 0.2) is 23.7 Å². The molecule has 1 fully saturated rings. The first kappa shape index (κ1) is 16.8. The van der Waals surface area contributed by atoms with Gasteiger partial charge in [0.05, 0.1) is 5.69 Å². The lowest BCUT2D eigenvalue weighted by Gasteiger charge is -2.37. The van der Waals surface area contributed by atoms with Crippen molar-refractivity contribution in [2.24, 2.45) is 0 Å². The molecule has 0 radical (unpaired) electrons. The van der Waals surface area contributed by atoms with Gasteiger partial charge in [0, 0.05) is 44.2 Å². The molecule has 8 heteroatoms. The van der Waals surface area contributed by atoms with E-state index in [0.717, 1.165) is 44.0 Å². The average molecular weight is 346 g/mol. The third-order valence-corrected chi connectivity index (χ3v) is 4.95. The molecule has 0 saturated carbocycles. The minimum Gasteiger partial charge on any atom is -0.354 e. The SMILES string of the molecule is CC(=O)Nc1nc(CN(C)C2CCCN(c3cccnn3)C2)cs1. The summed E-state index contributed by atoms with van der Waals surface area (Å²) in [5.74, 6) is 0.855. The highest BCUT2D eigenvalue weighted by molar-refractivity contribution is 7.13. The fraction of sp³-hybridized carbons (Fsp3) is 0.500. The molecule has 128 valence electrons. The maximum atomic E-state index is 11.1. The van der Waals surface area contributed by atoms with E-state index in [1.54, 1.807) is 6.20 Å². The van der Waals surface area contributed by atoms with Gasteiger partial charge < -0.3 is 10.2 Å². The van der Waals surface area contributed by atoms with Crippen LogP contribution in [-0.2, 0) is 11.3 Å². The highest BCUT2D eigenvalue weighted by atomic mass is 32.1. The van der Waals surface area contributed by atoms with Gasteiger partial charge in [0.2, 0.25) is 5.91 Å². The monoisotopic (exact) mass is 346 g/mol. The molecule has 2 aromatic heterocycles. The van der Waals surface area contributed by atoms with Crippen molar-refractivity contribution in [2.75, 3.05) is 30.4 Å². The number of anilines is 2. The Labute approximate surface area is 145 Å². The Kier molecular flexibility index (Phi) is 5.37. The summed E-state index contributed by atoms with van der Waals surface area (Å²) in [6.45, 7) is 4.23. The van der Waals surface area contributed by atoms with Crippen molar-refractivity contribution in [2.45, 2.75) is 32.4 Å². The summed E-state index contributed by atoms with van der Waals surface area (Å²) in [5.41, 5.74) is 0.989. The van der Waals surface area contributed by atoms with Crippen LogP contribution in [0, 0.1) is 0 Å². The minimum absolute atomic E-state index is 0.0869. The molecule has 1 amide bonds. The van der Waals surface area contributed by atoms with Gasteiger partial charge in [0.15, 0.2) is 10.9 Å². The quantitative estimate of drug-likeness (QED) is 0.892. The number of hydrogen-bond acceptors (Lipinski definition) is 7. The highest BCUT2D eigenvalue weighted by Crippen LogP contribution is 2.22. The summed E-state index contributed by atoms with van der Waals surface area (Å²) in [6, 6.07) is 4.39. The van der Waals surface area contributed by atoms with Gasteiger partial charge in [-0.15, -0.1) is 16.4 Å². The molecule has 1 atom stereocenters. The second kappa shape index (κ2) is 7.67. The molecule has 1 aliphatic rings. The van der Waals surface area contributed by atoms with Crippen LogP contribution >= 0.6 is 11.3 Å². The molecule has 1 unspecified atom stereocenters. The second-order valence-corrected chi connectivity index (χ2v) is 6.92. The number of nitrogens with zero attached hydrogens (tertiary/aromatic N) is 5. The third kappa shape index (κ3) is 4.27. The molecule has 2 aromatic rings. The molecular weight excluding hydrogens is 324 g/mol. The Morgan fingerprint density at radius 3 is 3.17 bits per heavy atom. The number of thiazole rings is 1. The summed E-state index contributed by atoms with van der Waals surface area (Å²) in [7, 11) is 2.13. The summed E-state index contributed by atoms with van der Waals surface area (Å²) in [4.78, 5) is 20.2. The van der Waals surface area contributed by atoms with E-state index in [9.17, 15) is 4.79 Å². The van der Waals surface area contributed by atoms with E-state index in [1.807, 2.05) is 17.5 Å². The molecule has 7 nitrogen and oxygen atoms in total. The van der Waals surface area contributed by atoms with Crippen LogP contribution in [0.5, 0.6) is 0 Å². The predicted molar refractivity (Wildman–Crippen MR) is 95.2 cm³/mol. The Bertz CT molecular complexity index is 676. The van der Waals surface area contributed by atoms with Crippen LogP contribution in [0.3, 0.4) is 0 Å². The lowest BCUT2D eigenvalue weighted by Crippen LogP contribution is -2.46. The van der Waals surface area contributed by atoms with Crippen LogP contribution in [0.2, 0.25) is 0 Å². The van der Waals surface area contributed by atoms with Gasteiger partial charge in [0.25, 0.3) is 0 Å². The number of aromatic nitrogens is 3. The number of carbonyl (C=O) groups excluding carboxylic acids is 1. The normalized spacial score (nSPS) is 18.0. The maximum absolute atomic E-state index is 11.1. The predicted octanol–water partition coefficient (Wildman–Crippen LogP) is 1.99. The van der Waals surface area contributed by atoms with Crippen LogP contribution in [0.4, 0.5) is 10.9 Å². The minimum atomic E-state index is -0.0869. The van der Waals surface area contributed by atoms with Gasteiger partial charge in [-0.3, -0.25) is 9.69 Å². The molecule has 1 N–H and O–H groups in total. The zero-order valence-electron chi connectivity index (χ0n) is 14.0. The third-order valence-electron chi connectivity index (χ3n) is 4.15. The Morgan fingerprint density at radius 1 is 1.54 bits per heavy atom. The van der Waals surface area contributed by atoms with Gasteiger partial charge in [-0.05, 0) is 32.0 Å². The summed E-state index contributed by atoms with van der Waals surface area (Å²) in [6.07, 6.45) is 4.00. The molecule has 1 saturated heterocycles. The second-order valence-electron chi connectivity index (χ2n) is 6.06. The number of carbonyl (C=O) groups is 1. The maximum Gasteiger partial charge on any atom is 0.223 e. The first-order chi connectivity index (χ1) is 11.6. The van der Waals surface area contributed by atoms with Gasteiger partial charge in [-0.1, -0.05) is 0 Å². The zero-order chi connectivity index (χ0) is 16.9. The lowest BCUT2D eigenvalue weighted by atomic mass is 10.0. The van der Waals surface area contributed by atoms with Gasteiger partial charge in [-0.25, -0.2) is 4.98 Å². The van der Waals surface area contributed by atoms with E-state index >= 15 is 0 Å². The molecule has 3 rings (SSSR count). The van der Waals surface area contributed by atoms with Crippen molar-refractivity contribution in [1.29, 1.82) is 0 Å². The standard InChI is InChI=1S/C16H22N6OS/c1-12(23)18-16-19-13(11-24-16)9-21(2)14-5-4-8-22(10-14)15-6-3-7-17-20-15/h3,6-7,11,14H,4-5,8-10H2,1-2H3,(H,18,19,23). The van der Waals surface area contributed by atoms with Crippen molar-refractivity contribution in [3.8, 4) is 0 Å². The number of nitrogens with one attached hydrogen (secondary N) is 1. The van der Waals surface area contributed by atoms with Crippen molar-refractivity contribution in [3.63, 3.8) is 0 Å². The van der Waals surface area contributed by atoms with Crippen LogP contribution < -0.4 is 10.2 Å². The number of piperidine rings is 1. The number of rotatable bonds is 5. The van der Waals surface area contributed by atoms with E-state index in [4.69, 9.17) is 0 Å². The number of hydrogen-bond donors (Lipinski definition) is 1. The Balaban J connectivity index is 1.59. The largest absolute Gasteiger partial charge is 0.354 e. The number of amides is 1. The van der Waals surface area contributed by atoms with E-state index in [1.165, 1.54) is 18.3 Å². The van der Waals surface area contributed by atoms with Gasteiger partial charge in [-0.2, -0.15) is 5.10 Å². The molecule has 0 aliphatic carbocycles. The topological polar surface area (TPSA) is 74.2 Å². The number of likely N-dealkylation sites (N-methyl/N-ethyl adjacent to an activating group) is 1. The smallest absolute Gasteiger partial charge is 0.223 e. The highest BCUT2D eigenvalue weighted by Gasteiger charge is 2.24. The van der Waals surface area contributed by atoms with E-state index in [2.05, 4.69) is 37.3 Å². The first-order valence-corrected chi connectivity index (χ1v) is 8.94. The molecule has 24 heavy (non-hydrogen) atoms. The molecule has 0 aromatic carbocycles. The molecule has 1 aliphatic heterocycles. The van der Waals surface area contributed by atoms with E-state index in [0.29, 0.717) is 11.2 Å². The van der Waals surface area contributed by atoms with Crippen LogP contribution in [0.1, 0.15) is 25.5 Å².